The Balaban J connectivity index is 1.61. The number of hydrogen-bond donors (Lipinski definition) is 8. The molecule has 1 heterocycles. The predicted molar refractivity (Wildman–Crippen MR) is 247 cm³/mol. The van der Waals surface area contributed by atoms with E-state index < -0.39 is 83.8 Å². The van der Waals surface area contributed by atoms with E-state index in [9.17, 15) is 54.3 Å². The summed E-state index contributed by atoms with van der Waals surface area (Å²) >= 11 is 0. The second kappa shape index (κ2) is 24.9. The average molecular weight is 917 g/mol. The molecule has 17 heteroatoms. The van der Waals surface area contributed by atoms with Crippen LogP contribution in [0.25, 0.3) is 0 Å². The molecule has 0 saturated carbocycles. The number of benzene rings is 3. The number of unbranched alkanes of at least 4 members (excludes halogenated alkanes) is 4. The molecule has 3 aromatic carbocycles. The van der Waals surface area contributed by atoms with Gasteiger partial charge in [-0.2, -0.15) is 0 Å². The third kappa shape index (κ3) is 14.7. The van der Waals surface area contributed by atoms with Gasteiger partial charge in [0.2, 0.25) is 23.6 Å². The first kappa shape index (κ1) is 52.4. The zero-order valence-corrected chi connectivity index (χ0v) is 38.6. The molecule has 0 unspecified atom stereocenters. The fraction of sp³-hybridized carbons (Fsp3) is 0.510. The van der Waals surface area contributed by atoms with Crippen LogP contribution >= 0.6 is 0 Å². The third-order valence-corrected chi connectivity index (χ3v) is 12.3. The van der Waals surface area contributed by atoms with Gasteiger partial charge in [0.15, 0.2) is 0 Å². The van der Waals surface area contributed by atoms with Crippen molar-refractivity contribution in [1.29, 1.82) is 0 Å². The highest BCUT2D eigenvalue weighted by Crippen LogP contribution is 2.25. The molecule has 1 aliphatic heterocycles. The topological polar surface area (TPSA) is 263 Å². The quantitative estimate of drug-likeness (QED) is 0.0603. The van der Waals surface area contributed by atoms with E-state index >= 15 is 0 Å². The SMILES string of the molecule is CCCCCCC[C@H](N)[C@H](O)C(=O)N[C@@H](Cc1ccc(O)cc1)C(=O)N(C)[C@H](C(=O)N(C)[C@@H](Cc1ccc(O)cc1)C(=O)N1CCC[C@@H]1C(=O)N[C@@H](Cc1ccc(O)cc1)C(=O)O)C(C)C. The first-order valence-electron chi connectivity index (χ1n) is 22.8. The molecule has 5 amide bonds. The van der Waals surface area contributed by atoms with Gasteiger partial charge < -0.3 is 56.6 Å². The van der Waals surface area contributed by atoms with E-state index in [0.29, 0.717) is 36.0 Å². The third-order valence-electron chi connectivity index (χ3n) is 12.3. The molecule has 0 aromatic heterocycles. The minimum atomic E-state index is -1.62. The molecule has 0 radical (unpaired) electrons. The van der Waals surface area contributed by atoms with Gasteiger partial charge in [0.1, 0.15) is 53.6 Å². The monoisotopic (exact) mass is 916 g/mol. The number of carboxylic acids is 1. The number of aliphatic hydroxyl groups is 1. The molecule has 0 bridgehead atoms. The summed E-state index contributed by atoms with van der Waals surface area (Å²) in [5, 5.41) is 55.9. The summed E-state index contributed by atoms with van der Waals surface area (Å²) in [4.78, 5) is 87.7. The lowest BCUT2D eigenvalue weighted by Crippen LogP contribution is -2.61. The van der Waals surface area contributed by atoms with E-state index in [-0.39, 0.29) is 49.5 Å². The minimum absolute atomic E-state index is 0.00275. The van der Waals surface area contributed by atoms with Gasteiger partial charge in [-0.05, 0) is 78.3 Å². The van der Waals surface area contributed by atoms with Crippen molar-refractivity contribution >= 4 is 35.5 Å². The van der Waals surface area contributed by atoms with Crippen molar-refractivity contribution in [1.82, 2.24) is 25.3 Å². The van der Waals surface area contributed by atoms with Gasteiger partial charge in [0.25, 0.3) is 5.91 Å². The molecule has 17 nitrogen and oxygen atoms in total. The molecule has 0 aliphatic carbocycles. The number of phenols is 3. The van der Waals surface area contributed by atoms with Crippen LogP contribution in [-0.4, -0.2) is 139 Å². The maximum atomic E-state index is 14.9. The van der Waals surface area contributed by atoms with Crippen molar-refractivity contribution in [2.45, 2.75) is 134 Å². The Labute approximate surface area is 387 Å². The van der Waals surface area contributed by atoms with Crippen LogP contribution in [0.4, 0.5) is 0 Å². The fourth-order valence-corrected chi connectivity index (χ4v) is 8.38. The molecule has 1 saturated heterocycles. The van der Waals surface area contributed by atoms with Crippen molar-refractivity contribution in [3.63, 3.8) is 0 Å². The molecule has 4 rings (SSSR count). The van der Waals surface area contributed by atoms with Crippen molar-refractivity contribution in [3.8, 4) is 17.2 Å². The number of hydrogen-bond acceptors (Lipinski definition) is 11. The molecular formula is C49H68N6O11. The zero-order valence-electron chi connectivity index (χ0n) is 38.6. The average Bonchev–Trinajstić information content (AvgIpc) is 3.79. The first-order valence-corrected chi connectivity index (χ1v) is 22.8. The molecular weight excluding hydrogens is 849 g/mol. The fourth-order valence-electron chi connectivity index (χ4n) is 8.38. The Hall–Kier alpha value is -6.20. The number of nitrogens with two attached hydrogens (primary N) is 1. The van der Waals surface area contributed by atoms with Gasteiger partial charge in [-0.3, -0.25) is 24.0 Å². The number of aromatic hydroxyl groups is 3. The van der Waals surface area contributed by atoms with E-state index in [2.05, 4.69) is 17.6 Å². The molecule has 3 aromatic rings. The maximum Gasteiger partial charge on any atom is 0.326 e. The summed E-state index contributed by atoms with van der Waals surface area (Å²) in [5.74, 6) is -5.30. The first-order chi connectivity index (χ1) is 31.3. The van der Waals surface area contributed by atoms with Crippen LogP contribution in [0.1, 0.15) is 88.8 Å². The van der Waals surface area contributed by atoms with Crippen molar-refractivity contribution in [2.75, 3.05) is 20.6 Å². The van der Waals surface area contributed by atoms with Crippen molar-refractivity contribution in [2.24, 2.45) is 11.7 Å². The van der Waals surface area contributed by atoms with E-state index in [1.165, 1.54) is 65.2 Å². The van der Waals surface area contributed by atoms with Crippen molar-refractivity contribution < 1.29 is 54.3 Å². The normalized spacial score (nSPS) is 16.4. The van der Waals surface area contributed by atoms with Crippen molar-refractivity contribution in [3.05, 3.63) is 89.5 Å². The number of likely N-dealkylation sites (N-methyl/N-ethyl adjacent to an activating group) is 2. The zero-order chi connectivity index (χ0) is 48.7. The van der Waals surface area contributed by atoms with Gasteiger partial charge in [-0.1, -0.05) is 89.3 Å². The minimum Gasteiger partial charge on any atom is -0.508 e. The number of carboxylic acid groups (broad SMARTS) is 1. The van der Waals surface area contributed by atoms with E-state index in [1.807, 2.05) is 0 Å². The Kier molecular flexibility index (Phi) is 19.8. The van der Waals surface area contributed by atoms with Crippen LogP contribution in [0.2, 0.25) is 0 Å². The van der Waals surface area contributed by atoms with Gasteiger partial charge in [0.05, 0.1) is 0 Å². The molecule has 0 spiro atoms. The van der Waals surface area contributed by atoms with Crippen LogP contribution < -0.4 is 16.4 Å². The predicted octanol–water partition coefficient (Wildman–Crippen LogP) is 3.24. The van der Waals surface area contributed by atoms with Gasteiger partial charge in [-0.25, -0.2) is 4.79 Å². The number of rotatable bonds is 24. The van der Waals surface area contributed by atoms with Crippen LogP contribution in [0.15, 0.2) is 72.8 Å². The lowest BCUT2D eigenvalue weighted by atomic mass is 9.96. The number of amides is 5. The number of nitrogens with zero attached hydrogens (tertiary/aromatic N) is 3. The Bertz CT molecular complexity index is 2080. The highest BCUT2D eigenvalue weighted by atomic mass is 16.4. The van der Waals surface area contributed by atoms with E-state index in [1.54, 1.807) is 50.2 Å². The van der Waals surface area contributed by atoms with Crippen LogP contribution in [-0.2, 0) is 48.0 Å². The lowest BCUT2D eigenvalue weighted by Gasteiger charge is -2.39. The van der Waals surface area contributed by atoms with Gasteiger partial charge in [-0.15, -0.1) is 0 Å². The Morgan fingerprint density at radius 3 is 1.71 bits per heavy atom. The lowest BCUT2D eigenvalue weighted by molar-refractivity contribution is -0.153. The van der Waals surface area contributed by atoms with Gasteiger partial charge >= 0.3 is 5.97 Å². The smallest absolute Gasteiger partial charge is 0.326 e. The van der Waals surface area contributed by atoms with Crippen LogP contribution in [0.5, 0.6) is 17.2 Å². The van der Waals surface area contributed by atoms with Gasteiger partial charge in [0, 0.05) is 45.9 Å². The number of carbonyl (C=O) groups excluding carboxylic acids is 5. The molecule has 9 N–H and O–H groups in total. The molecule has 360 valence electrons. The summed E-state index contributed by atoms with van der Waals surface area (Å²) in [6.45, 7) is 5.69. The summed E-state index contributed by atoms with van der Waals surface area (Å²) in [6.07, 6.45) is 3.95. The second-order valence-corrected chi connectivity index (χ2v) is 17.7. The summed E-state index contributed by atoms with van der Waals surface area (Å²) in [7, 11) is 2.85. The second-order valence-electron chi connectivity index (χ2n) is 17.7. The number of likely N-dealkylation sites (tertiary alicyclic amines) is 1. The summed E-state index contributed by atoms with van der Waals surface area (Å²) < 4.78 is 0. The molecule has 1 aliphatic rings. The molecule has 1 fully saturated rings. The summed E-state index contributed by atoms with van der Waals surface area (Å²) in [5.41, 5.74) is 7.94. The summed E-state index contributed by atoms with van der Waals surface area (Å²) in [6, 6.07) is 11.0. The number of carbonyl (C=O) groups is 6. The highest BCUT2D eigenvalue weighted by Gasteiger charge is 2.43. The van der Waals surface area contributed by atoms with Crippen LogP contribution in [0, 0.1) is 5.92 Å². The molecule has 66 heavy (non-hydrogen) atoms. The number of aliphatic hydroxyl groups excluding tert-OH is 1. The standard InChI is InChI=1S/C49H68N6O11/c1-6-7-8-9-10-12-37(50)43(59)45(61)51-38(27-31-14-20-34(56)21-15-31)46(62)54(5)42(30(2)3)48(64)53(4)41(29-33-18-24-36(58)25-19-33)47(63)55-26-11-13-40(55)44(60)52-39(49(65)66)28-32-16-22-35(57)23-17-32/h14-25,30,37-43,56-59H,6-13,26-29,50H2,1-5H3,(H,51,61)(H,52,60)(H,65,66)/t37-,38-,39-,40+,41-,42-,43-/m0/s1. The number of phenolic OH excluding ortho intramolecular Hbond substituents is 3. The van der Waals surface area contributed by atoms with E-state index in [0.717, 1.165) is 25.7 Å². The van der Waals surface area contributed by atoms with Crippen LogP contribution in [0.3, 0.4) is 0 Å². The number of nitrogens with one attached hydrogen (secondary N) is 2. The Morgan fingerprint density at radius 2 is 1.21 bits per heavy atom. The highest BCUT2D eigenvalue weighted by molar-refractivity contribution is 5.97. The molecule has 7 atom stereocenters. The maximum absolute atomic E-state index is 14.9. The largest absolute Gasteiger partial charge is 0.508 e. The number of aliphatic carboxylic acids is 1. The van der Waals surface area contributed by atoms with E-state index in [4.69, 9.17) is 5.73 Å². The Morgan fingerprint density at radius 1 is 0.712 bits per heavy atom.